The number of likely N-dealkylation sites (N-methyl/N-ethyl adjacent to an activating group) is 1. The van der Waals surface area contributed by atoms with E-state index in [-0.39, 0.29) is 5.84 Å². The van der Waals surface area contributed by atoms with Crippen LogP contribution in [0, 0.1) is 0 Å². The van der Waals surface area contributed by atoms with Gasteiger partial charge in [0.25, 0.3) is 0 Å². The first-order valence-electron chi connectivity index (χ1n) is 6.73. The van der Waals surface area contributed by atoms with Gasteiger partial charge in [-0.3, -0.25) is 0 Å². The van der Waals surface area contributed by atoms with Crippen LogP contribution in [-0.4, -0.2) is 43.1 Å². The summed E-state index contributed by atoms with van der Waals surface area (Å²) in [5.41, 5.74) is 7.67. The van der Waals surface area contributed by atoms with Crippen LogP contribution in [0.4, 0.5) is 5.69 Å². The zero-order valence-corrected chi connectivity index (χ0v) is 12.7. The molecule has 0 aromatic heterocycles. The Morgan fingerprint density at radius 3 is 3.00 bits per heavy atom. The van der Waals surface area contributed by atoms with Crippen molar-refractivity contribution in [3.05, 3.63) is 23.8 Å². The van der Waals surface area contributed by atoms with Crippen LogP contribution in [0.15, 0.2) is 28.3 Å². The summed E-state index contributed by atoms with van der Waals surface area (Å²) in [6, 6.07) is 6.35. The van der Waals surface area contributed by atoms with E-state index in [1.165, 1.54) is 0 Å². The molecule has 0 radical (unpaired) electrons. The lowest BCUT2D eigenvalue weighted by molar-refractivity contribution is 0.193. The van der Waals surface area contributed by atoms with Gasteiger partial charge in [-0.1, -0.05) is 18.1 Å². The molecule has 0 saturated carbocycles. The minimum atomic E-state index is 0.155. The zero-order chi connectivity index (χ0) is 14.5. The van der Waals surface area contributed by atoms with E-state index in [1.54, 1.807) is 11.8 Å². The number of ether oxygens (including phenoxy) is 1. The molecule has 1 atom stereocenters. The molecule has 0 aliphatic carbocycles. The molecule has 1 fully saturated rings. The molecular weight excluding hydrogens is 274 g/mol. The summed E-state index contributed by atoms with van der Waals surface area (Å²) in [5, 5.41) is 12.3. The molecule has 5 nitrogen and oxygen atoms in total. The summed E-state index contributed by atoms with van der Waals surface area (Å²) in [6.07, 6.45) is 0.997. The topological polar surface area (TPSA) is 71.1 Å². The number of nitrogens with two attached hydrogens (primary N) is 1. The number of anilines is 1. The van der Waals surface area contributed by atoms with Crippen molar-refractivity contribution in [1.29, 1.82) is 0 Å². The van der Waals surface area contributed by atoms with Gasteiger partial charge in [-0.25, -0.2) is 0 Å². The van der Waals surface area contributed by atoms with Crippen molar-refractivity contribution in [2.45, 2.75) is 24.3 Å². The Labute approximate surface area is 123 Å². The summed E-state index contributed by atoms with van der Waals surface area (Å²) in [6.45, 7) is 3.59. The second-order valence-corrected chi connectivity index (χ2v) is 6.00. The summed E-state index contributed by atoms with van der Waals surface area (Å²) in [4.78, 5) is 3.20. The number of benzene rings is 1. The van der Waals surface area contributed by atoms with Crippen LogP contribution in [0.5, 0.6) is 0 Å². The highest BCUT2D eigenvalue weighted by Crippen LogP contribution is 2.32. The van der Waals surface area contributed by atoms with Crippen LogP contribution in [-0.2, 0) is 4.74 Å². The summed E-state index contributed by atoms with van der Waals surface area (Å²) < 4.78 is 5.45. The lowest BCUT2D eigenvalue weighted by Gasteiger charge is -2.28. The van der Waals surface area contributed by atoms with Gasteiger partial charge in [0.05, 0.1) is 18.2 Å². The van der Waals surface area contributed by atoms with Crippen molar-refractivity contribution in [2.75, 3.05) is 30.9 Å². The molecule has 1 aliphatic heterocycles. The van der Waals surface area contributed by atoms with Crippen molar-refractivity contribution in [1.82, 2.24) is 0 Å². The summed E-state index contributed by atoms with van der Waals surface area (Å²) in [7, 11) is 2.03. The van der Waals surface area contributed by atoms with E-state index in [9.17, 15) is 0 Å². The zero-order valence-electron chi connectivity index (χ0n) is 11.9. The first-order chi connectivity index (χ1) is 9.69. The van der Waals surface area contributed by atoms with Crippen LogP contribution in [0.3, 0.4) is 0 Å². The fourth-order valence-corrected chi connectivity index (χ4v) is 3.26. The summed E-state index contributed by atoms with van der Waals surface area (Å²) >= 11 is 1.69. The van der Waals surface area contributed by atoms with Gasteiger partial charge in [-0.05, 0) is 24.3 Å². The Bertz CT molecular complexity index is 487. The highest BCUT2D eigenvalue weighted by Gasteiger charge is 2.24. The average molecular weight is 295 g/mol. The normalized spacial score (nSPS) is 19.3. The third-order valence-electron chi connectivity index (χ3n) is 3.50. The molecule has 1 aliphatic rings. The van der Waals surface area contributed by atoms with E-state index >= 15 is 0 Å². The van der Waals surface area contributed by atoms with E-state index in [1.807, 2.05) is 25.2 Å². The minimum absolute atomic E-state index is 0.155. The van der Waals surface area contributed by atoms with Crippen molar-refractivity contribution in [2.24, 2.45) is 10.9 Å². The maximum absolute atomic E-state index is 9.06. The smallest absolute Gasteiger partial charge is 0.173 e. The Balaban J connectivity index is 2.42. The SMILES string of the molecule is CCSc1cccc(N(C)C2CCOC2)c1/C(N)=N/O. The summed E-state index contributed by atoms with van der Waals surface area (Å²) in [5.74, 6) is 1.09. The molecule has 2 rings (SSSR count). The Morgan fingerprint density at radius 2 is 2.40 bits per heavy atom. The predicted molar refractivity (Wildman–Crippen MR) is 83.0 cm³/mol. The van der Waals surface area contributed by atoms with E-state index in [0.29, 0.717) is 6.04 Å². The number of hydrogen-bond acceptors (Lipinski definition) is 5. The molecule has 0 amide bonds. The number of oxime groups is 1. The van der Waals surface area contributed by atoms with Crippen LogP contribution < -0.4 is 10.6 Å². The van der Waals surface area contributed by atoms with Gasteiger partial charge in [0.1, 0.15) is 0 Å². The van der Waals surface area contributed by atoms with Crippen molar-refractivity contribution < 1.29 is 9.94 Å². The fourth-order valence-electron chi connectivity index (χ4n) is 2.42. The lowest BCUT2D eigenvalue weighted by Crippen LogP contribution is -2.34. The Hall–Kier alpha value is -1.40. The highest BCUT2D eigenvalue weighted by molar-refractivity contribution is 7.99. The first kappa shape index (κ1) is 15.0. The quantitative estimate of drug-likeness (QED) is 0.286. The van der Waals surface area contributed by atoms with Gasteiger partial charge in [0.2, 0.25) is 0 Å². The minimum Gasteiger partial charge on any atom is -0.409 e. The Morgan fingerprint density at radius 1 is 1.60 bits per heavy atom. The van der Waals surface area contributed by atoms with Crippen LogP contribution in [0.1, 0.15) is 18.9 Å². The molecule has 1 aromatic carbocycles. The molecule has 6 heteroatoms. The molecular formula is C14H21N3O2S. The third kappa shape index (κ3) is 3.02. The number of rotatable bonds is 5. The average Bonchev–Trinajstić information content (AvgIpc) is 3.00. The van der Waals surface area contributed by atoms with Crippen LogP contribution >= 0.6 is 11.8 Å². The number of thioether (sulfide) groups is 1. The number of nitrogens with zero attached hydrogens (tertiary/aromatic N) is 2. The molecule has 0 spiro atoms. The van der Waals surface area contributed by atoms with Crippen molar-refractivity contribution in [3.8, 4) is 0 Å². The van der Waals surface area contributed by atoms with Crippen LogP contribution in [0.2, 0.25) is 0 Å². The molecule has 20 heavy (non-hydrogen) atoms. The molecule has 0 bridgehead atoms. The Kier molecular flexibility index (Phi) is 5.14. The van der Waals surface area contributed by atoms with Gasteiger partial charge < -0.3 is 20.6 Å². The number of amidine groups is 1. The lowest BCUT2D eigenvalue weighted by atomic mass is 10.1. The first-order valence-corrected chi connectivity index (χ1v) is 7.71. The third-order valence-corrected chi connectivity index (χ3v) is 4.44. The fraction of sp³-hybridized carbons (Fsp3) is 0.500. The van der Waals surface area contributed by atoms with Crippen LogP contribution in [0.25, 0.3) is 0 Å². The maximum Gasteiger partial charge on any atom is 0.173 e. The van der Waals surface area contributed by atoms with E-state index in [2.05, 4.69) is 17.0 Å². The molecule has 1 saturated heterocycles. The molecule has 3 N–H and O–H groups in total. The maximum atomic E-state index is 9.06. The molecule has 1 unspecified atom stereocenters. The van der Waals surface area contributed by atoms with Gasteiger partial charge in [-0.15, -0.1) is 11.8 Å². The van der Waals surface area contributed by atoms with E-state index < -0.39 is 0 Å². The van der Waals surface area contributed by atoms with Gasteiger partial charge in [0.15, 0.2) is 5.84 Å². The standard InChI is InChI=1S/C14H21N3O2S/c1-3-20-12-6-4-5-11(13(12)14(15)16-18)17(2)10-7-8-19-9-10/h4-6,10,18H,3,7-9H2,1-2H3,(H2,15,16). The van der Waals surface area contributed by atoms with Gasteiger partial charge >= 0.3 is 0 Å². The monoisotopic (exact) mass is 295 g/mol. The second kappa shape index (κ2) is 6.85. The van der Waals surface area contributed by atoms with Gasteiger partial charge in [0, 0.05) is 24.2 Å². The molecule has 110 valence electrons. The molecule has 1 heterocycles. The van der Waals surface area contributed by atoms with E-state index in [0.717, 1.165) is 41.5 Å². The highest BCUT2D eigenvalue weighted by atomic mass is 32.2. The molecule has 1 aromatic rings. The number of hydrogen-bond donors (Lipinski definition) is 2. The largest absolute Gasteiger partial charge is 0.409 e. The second-order valence-electron chi connectivity index (χ2n) is 4.70. The predicted octanol–water partition coefficient (Wildman–Crippen LogP) is 2.12. The van der Waals surface area contributed by atoms with Gasteiger partial charge in [-0.2, -0.15) is 0 Å². The van der Waals surface area contributed by atoms with Crippen molar-refractivity contribution >= 4 is 23.3 Å². The van der Waals surface area contributed by atoms with E-state index in [4.69, 9.17) is 15.7 Å². The van der Waals surface area contributed by atoms with Crippen molar-refractivity contribution in [3.63, 3.8) is 0 Å².